The van der Waals surface area contributed by atoms with E-state index in [2.05, 4.69) is 10.4 Å². The van der Waals surface area contributed by atoms with Crippen molar-refractivity contribution in [2.45, 2.75) is 20.0 Å². The summed E-state index contributed by atoms with van der Waals surface area (Å²) < 4.78 is 21.0. The molecule has 28 heavy (non-hydrogen) atoms. The van der Waals surface area contributed by atoms with E-state index in [0.717, 1.165) is 11.3 Å². The highest BCUT2D eigenvalue weighted by Crippen LogP contribution is 2.24. The van der Waals surface area contributed by atoms with Crippen molar-refractivity contribution >= 4 is 11.8 Å². The average molecular weight is 380 g/mol. The molecule has 6 nitrogen and oxygen atoms in total. The van der Waals surface area contributed by atoms with E-state index in [1.807, 2.05) is 48.0 Å². The fourth-order valence-corrected chi connectivity index (χ4v) is 3.21. The van der Waals surface area contributed by atoms with Crippen LogP contribution in [0.25, 0.3) is 0 Å². The minimum Gasteiger partial charge on any atom is -0.491 e. The smallest absolute Gasteiger partial charge is 0.323 e. The number of aromatic nitrogens is 2. The quantitative estimate of drug-likeness (QED) is 0.752. The number of hydrogen-bond donors (Lipinski definition) is 1. The van der Waals surface area contributed by atoms with Gasteiger partial charge < -0.3 is 9.64 Å². The third kappa shape index (κ3) is 3.98. The number of ether oxygens (including phenoxy) is 1. The molecule has 4 rings (SSSR count). The highest BCUT2D eigenvalue weighted by atomic mass is 19.1. The fraction of sp³-hybridized carbons (Fsp3) is 0.238. The number of anilines is 1. The summed E-state index contributed by atoms with van der Waals surface area (Å²) in [5, 5.41) is 7.33. The van der Waals surface area contributed by atoms with E-state index < -0.39 is 0 Å². The third-order valence-electron chi connectivity index (χ3n) is 4.68. The first-order chi connectivity index (χ1) is 13.6. The van der Waals surface area contributed by atoms with Gasteiger partial charge in [-0.25, -0.2) is 9.18 Å². The average Bonchev–Trinajstić information content (AvgIpc) is 2.89. The van der Waals surface area contributed by atoms with Crippen LogP contribution in [-0.4, -0.2) is 33.9 Å². The zero-order valence-corrected chi connectivity index (χ0v) is 15.6. The van der Waals surface area contributed by atoms with Gasteiger partial charge in [-0.15, -0.1) is 0 Å². The summed E-state index contributed by atoms with van der Waals surface area (Å²) in [6.45, 7) is 3.62. The molecular formula is C21H21FN4O2. The highest BCUT2D eigenvalue weighted by molar-refractivity contribution is 5.88. The summed E-state index contributed by atoms with van der Waals surface area (Å²) in [6.07, 6.45) is 0. The van der Waals surface area contributed by atoms with Crippen LogP contribution in [0, 0.1) is 12.7 Å². The van der Waals surface area contributed by atoms with Gasteiger partial charge in [0.05, 0.1) is 19.6 Å². The maximum Gasteiger partial charge on any atom is 0.323 e. The maximum absolute atomic E-state index is 13.5. The molecule has 2 amide bonds. The summed E-state index contributed by atoms with van der Waals surface area (Å²) in [5.74, 6) is 0.752. The number of nitrogens with zero attached hydrogens (tertiary/aromatic N) is 3. The molecule has 1 aliphatic heterocycles. The minimum atomic E-state index is -0.347. The second kappa shape index (κ2) is 7.72. The zero-order chi connectivity index (χ0) is 19.5. The van der Waals surface area contributed by atoms with Crippen molar-refractivity contribution in [1.82, 2.24) is 14.7 Å². The Morgan fingerprint density at radius 3 is 2.86 bits per heavy atom. The van der Waals surface area contributed by atoms with E-state index in [1.165, 1.54) is 12.1 Å². The lowest BCUT2D eigenvalue weighted by molar-refractivity contribution is 0.200. The summed E-state index contributed by atoms with van der Waals surface area (Å²) in [4.78, 5) is 14.3. The van der Waals surface area contributed by atoms with E-state index in [4.69, 9.17) is 4.74 Å². The summed E-state index contributed by atoms with van der Waals surface area (Å²) in [7, 11) is 0. The second-order valence-electron chi connectivity index (χ2n) is 6.77. The van der Waals surface area contributed by atoms with E-state index in [0.29, 0.717) is 36.8 Å². The molecule has 0 aliphatic carbocycles. The Labute approximate surface area is 162 Å². The van der Waals surface area contributed by atoms with Gasteiger partial charge in [0.2, 0.25) is 0 Å². The van der Waals surface area contributed by atoms with E-state index in [-0.39, 0.29) is 18.4 Å². The molecular weight excluding hydrogens is 359 g/mol. The van der Waals surface area contributed by atoms with Crippen LogP contribution in [0.2, 0.25) is 0 Å². The van der Waals surface area contributed by atoms with Crippen LogP contribution < -0.4 is 10.1 Å². The van der Waals surface area contributed by atoms with Gasteiger partial charge in [0.1, 0.15) is 18.2 Å². The molecule has 7 heteroatoms. The van der Waals surface area contributed by atoms with Gasteiger partial charge in [0, 0.05) is 17.3 Å². The Hall–Kier alpha value is -3.35. The number of urea groups is 1. The van der Waals surface area contributed by atoms with Gasteiger partial charge >= 0.3 is 6.03 Å². The van der Waals surface area contributed by atoms with Crippen molar-refractivity contribution in [3.05, 3.63) is 77.2 Å². The van der Waals surface area contributed by atoms with Gasteiger partial charge in [-0.05, 0) is 30.7 Å². The topological polar surface area (TPSA) is 59.4 Å². The van der Waals surface area contributed by atoms with Crippen molar-refractivity contribution in [2.24, 2.45) is 0 Å². The summed E-state index contributed by atoms with van der Waals surface area (Å²) >= 11 is 0. The number of rotatable bonds is 3. The third-order valence-corrected chi connectivity index (χ3v) is 4.68. The first-order valence-corrected chi connectivity index (χ1v) is 9.14. The fourth-order valence-electron chi connectivity index (χ4n) is 3.21. The number of fused-ring (bicyclic) bond motifs is 1. The van der Waals surface area contributed by atoms with Gasteiger partial charge in [-0.2, -0.15) is 5.10 Å². The van der Waals surface area contributed by atoms with Crippen molar-refractivity contribution in [3.63, 3.8) is 0 Å². The van der Waals surface area contributed by atoms with Gasteiger partial charge in [0.25, 0.3) is 0 Å². The Kier molecular flexibility index (Phi) is 4.97. The lowest BCUT2D eigenvalue weighted by atomic mass is 10.2. The SMILES string of the molecule is Cc1cc(NC(=O)N2CCOc3ccc(F)cc3C2)nn1Cc1ccccc1. The molecule has 3 aromatic rings. The molecule has 0 saturated carbocycles. The molecule has 0 unspecified atom stereocenters. The molecule has 2 aromatic carbocycles. The molecule has 0 atom stereocenters. The van der Waals surface area contributed by atoms with Crippen molar-refractivity contribution in [2.75, 3.05) is 18.5 Å². The Bertz CT molecular complexity index is 987. The standard InChI is InChI=1S/C21H21FN4O2/c1-15-11-20(24-26(15)13-16-5-3-2-4-6-16)23-21(27)25-9-10-28-19-8-7-18(22)12-17(19)14-25/h2-8,11-12H,9-10,13-14H2,1H3,(H,23,24,27). The monoisotopic (exact) mass is 380 g/mol. The van der Waals surface area contributed by atoms with Crippen molar-refractivity contribution in [3.8, 4) is 5.75 Å². The van der Waals surface area contributed by atoms with Gasteiger partial charge in [-0.1, -0.05) is 30.3 Å². The Morgan fingerprint density at radius 1 is 1.21 bits per heavy atom. The predicted octanol–water partition coefficient (Wildman–Crippen LogP) is 3.81. The normalized spacial score (nSPS) is 13.4. The number of benzene rings is 2. The molecule has 0 spiro atoms. The Morgan fingerprint density at radius 2 is 2.04 bits per heavy atom. The van der Waals surface area contributed by atoms with Gasteiger partial charge in [-0.3, -0.25) is 10.00 Å². The van der Waals surface area contributed by atoms with Crippen LogP contribution in [-0.2, 0) is 13.1 Å². The molecule has 0 fully saturated rings. The zero-order valence-electron chi connectivity index (χ0n) is 15.6. The number of carbonyl (C=O) groups excluding carboxylic acids is 1. The minimum absolute atomic E-state index is 0.280. The molecule has 0 bridgehead atoms. The van der Waals surface area contributed by atoms with Gasteiger partial charge in [0.15, 0.2) is 5.82 Å². The molecule has 2 heterocycles. The van der Waals surface area contributed by atoms with Crippen LogP contribution in [0.4, 0.5) is 15.0 Å². The number of halogens is 1. The molecule has 0 saturated heterocycles. The van der Waals surface area contributed by atoms with Crippen LogP contribution >= 0.6 is 0 Å². The molecule has 1 aliphatic rings. The summed E-state index contributed by atoms with van der Waals surface area (Å²) in [5.41, 5.74) is 2.74. The maximum atomic E-state index is 13.5. The largest absolute Gasteiger partial charge is 0.491 e. The number of hydrogen-bond acceptors (Lipinski definition) is 3. The Balaban J connectivity index is 1.45. The van der Waals surface area contributed by atoms with Crippen LogP contribution in [0.15, 0.2) is 54.6 Å². The molecule has 1 aromatic heterocycles. The van der Waals surface area contributed by atoms with Crippen LogP contribution in [0.1, 0.15) is 16.8 Å². The highest BCUT2D eigenvalue weighted by Gasteiger charge is 2.21. The van der Waals surface area contributed by atoms with Crippen LogP contribution in [0.5, 0.6) is 5.75 Å². The van der Waals surface area contributed by atoms with E-state index in [1.54, 1.807) is 11.0 Å². The molecule has 1 N–H and O–H groups in total. The molecule has 0 radical (unpaired) electrons. The second-order valence-corrected chi connectivity index (χ2v) is 6.77. The predicted molar refractivity (Wildman–Crippen MR) is 104 cm³/mol. The number of aryl methyl sites for hydroxylation is 1. The number of amides is 2. The molecule has 144 valence electrons. The summed E-state index contributed by atoms with van der Waals surface area (Å²) in [6, 6.07) is 15.9. The van der Waals surface area contributed by atoms with Crippen LogP contribution in [0.3, 0.4) is 0 Å². The van der Waals surface area contributed by atoms with Crippen molar-refractivity contribution in [1.29, 1.82) is 0 Å². The number of carbonyl (C=O) groups is 1. The lowest BCUT2D eigenvalue weighted by Crippen LogP contribution is -2.36. The first kappa shape index (κ1) is 18.0. The van der Waals surface area contributed by atoms with Crippen molar-refractivity contribution < 1.29 is 13.9 Å². The van der Waals surface area contributed by atoms with E-state index >= 15 is 0 Å². The number of nitrogens with one attached hydrogen (secondary N) is 1. The lowest BCUT2D eigenvalue weighted by Gasteiger charge is -2.19. The van der Waals surface area contributed by atoms with E-state index in [9.17, 15) is 9.18 Å². The first-order valence-electron chi connectivity index (χ1n) is 9.14.